The van der Waals surface area contributed by atoms with Crippen molar-refractivity contribution in [1.29, 1.82) is 5.26 Å². The molecule has 1 amide bonds. The van der Waals surface area contributed by atoms with Gasteiger partial charge in [-0.2, -0.15) is 10.4 Å². The summed E-state index contributed by atoms with van der Waals surface area (Å²) in [6.07, 6.45) is 2.61. The second-order valence-corrected chi connectivity index (χ2v) is 4.63. The molecule has 1 heterocycles. The highest BCUT2D eigenvalue weighted by atomic mass is 16.6. The van der Waals surface area contributed by atoms with Crippen LogP contribution in [-0.2, 0) is 11.2 Å². The molecule has 0 aliphatic rings. The number of nitrogens with zero attached hydrogens (tertiary/aromatic N) is 4. The summed E-state index contributed by atoms with van der Waals surface area (Å²) in [6, 6.07) is 8.25. The number of amides is 1. The highest BCUT2D eigenvalue weighted by Crippen LogP contribution is 2.16. The van der Waals surface area contributed by atoms with Crippen molar-refractivity contribution in [2.75, 3.05) is 5.32 Å². The fourth-order valence-electron chi connectivity index (χ4n) is 1.80. The number of carbonyl (C=O) groups excluding carboxylic acids is 1. The van der Waals surface area contributed by atoms with Gasteiger partial charge in [0.05, 0.1) is 17.4 Å². The van der Waals surface area contributed by atoms with Gasteiger partial charge in [0, 0.05) is 5.69 Å². The number of nitrogens with one attached hydrogen (secondary N) is 1. The van der Waals surface area contributed by atoms with E-state index < -0.39 is 11.0 Å². The second kappa shape index (κ2) is 6.49. The molecule has 0 radical (unpaired) electrons. The summed E-state index contributed by atoms with van der Waals surface area (Å²) in [5.41, 5.74) is 1.27. The van der Waals surface area contributed by atoms with E-state index in [1.54, 1.807) is 31.2 Å². The number of aromatic nitrogens is 2. The van der Waals surface area contributed by atoms with Crippen LogP contribution in [0, 0.1) is 21.4 Å². The second-order valence-electron chi connectivity index (χ2n) is 4.63. The van der Waals surface area contributed by atoms with Crippen molar-refractivity contribution in [2.24, 2.45) is 0 Å². The number of hydrogen-bond donors (Lipinski definition) is 1. The number of anilines is 1. The molecule has 1 aromatic heterocycles. The van der Waals surface area contributed by atoms with E-state index in [-0.39, 0.29) is 11.6 Å². The average molecular weight is 299 g/mol. The van der Waals surface area contributed by atoms with Crippen LogP contribution in [0.2, 0.25) is 0 Å². The normalized spacial score (nSPS) is 11.5. The van der Waals surface area contributed by atoms with Gasteiger partial charge in [0.2, 0.25) is 5.91 Å². The average Bonchev–Trinajstić information content (AvgIpc) is 2.99. The topological polar surface area (TPSA) is 114 Å². The van der Waals surface area contributed by atoms with Crippen molar-refractivity contribution in [3.05, 3.63) is 52.3 Å². The van der Waals surface area contributed by atoms with Crippen LogP contribution in [-0.4, -0.2) is 20.6 Å². The fraction of sp³-hybridized carbons (Fsp3) is 0.214. The number of hydrogen-bond acceptors (Lipinski definition) is 5. The number of benzene rings is 1. The van der Waals surface area contributed by atoms with Gasteiger partial charge in [0.1, 0.15) is 18.4 Å². The SMILES string of the molecule is C[C@H](C(=O)Nc1ccc(CC#N)cc1)n1cc([N+](=O)[O-])cn1. The van der Waals surface area contributed by atoms with Gasteiger partial charge < -0.3 is 5.32 Å². The molecule has 8 heteroatoms. The van der Waals surface area contributed by atoms with Gasteiger partial charge in [-0.05, 0) is 24.6 Å². The molecule has 8 nitrogen and oxygen atoms in total. The summed E-state index contributed by atoms with van der Waals surface area (Å²) in [5.74, 6) is -0.342. The highest BCUT2D eigenvalue weighted by Gasteiger charge is 2.19. The van der Waals surface area contributed by atoms with Gasteiger partial charge in [-0.15, -0.1) is 0 Å². The minimum absolute atomic E-state index is 0.166. The summed E-state index contributed by atoms with van der Waals surface area (Å²) in [4.78, 5) is 22.2. The van der Waals surface area contributed by atoms with Crippen molar-refractivity contribution in [3.63, 3.8) is 0 Å². The molecule has 2 aromatic rings. The van der Waals surface area contributed by atoms with Crippen molar-refractivity contribution in [1.82, 2.24) is 9.78 Å². The zero-order chi connectivity index (χ0) is 16.1. The Labute approximate surface area is 126 Å². The summed E-state index contributed by atoms with van der Waals surface area (Å²) < 4.78 is 1.23. The fourth-order valence-corrected chi connectivity index (χ4v) is 1.80. The van der Waals surface area contributed by atoms with Crippen LogP contribution >= 0.6 is 0 Å². The van der Waals surface area contributed by atoms with Gasteiger partial charge in [0.15, 0.2) is 0 Å². The molecule has 22 heavy (non-hydrogen) atoms. The first-order chi connectivity index (χ1) is 10.5. The molecule has 1 aromatic carbocycles. The Hall–Kier alpha value is -3.21. The van der Waals surface area contributed by atoms with E-state index in [2.05, 4.69) is 10.4 Å². The molecular formula is C14H13N5O3. The van der Waals surface area contributed by atoms with E-state index in [0.29, 0.717) is 12.1 Å². The van der Waals surface area contributed by atoms with Gasteiger partial charge >= 0.3 is 5.69 Å². The predicted octanol–water partition coefficient (Wildman–Crippen LogP) is 2.06. The van der Waals surface area contributed by atoms with E-state index in [1.807, 2.05) is 6.07 Å². The predicted molar refractivity (Wildman–Crippen MR) is 78.0 cm³/mol. The molecule has 0 saturated heterocycles. The van der Waals surface area contributed by atoms with Crippen LogP contribution in [0.15, 0.2) is 36.7 Å². The van der Waals surface area contributed by atoms with Crippen LogP contribution in [0.1, 0.15) is 18.5 Å². The Morgan fingerprint density at radius 2 is 2.18 bits per heavy atom. The van der Waals surface area contributed by atoms with Gasteiger partial charge in [-0.25, -0.2) is 0 Å². The highest BCUT2D eigenvalue weighted by molar-refractivity contribution is 5.93. The largest absolute Gasteiger partial charge is 0.324 e. The van der Waals surface area contributed by atoms with Gasteiger partial charge in [0.25, 0.3) is 0 Å². The molecular weight excluding hydrogens is 286 g/mol. The summed E-state index contributed by atoms with van der Waals surface area (Å²) in [6.45, 7) is 1.59. The maximum absolute atomic E-state index is 12.1. The maximum Gasteiger partial charge on any atom is 0.307 e. The molecule has 0 aliphatic heterocycles. The summed E-state index contributed by atoms with van der Waals surface area (Å²) >= 11 is 0. The number of nitriles is 1. The number of nitro groups is 1. The first-order valence-electron chi connectivity index (χ1n) is 6.46. The maximum atomic E-state index is 12.1. The lowest BCUT2D eigenvalue weighted by atomic mass is 10.1. The first-order valence-corrected chi connectivity index (χ1v) is 6.46. The molecule has 0 saturated carbocycles. The van der Waals surface area contributed by atoms with Crippen molar-refractivity contribution >= 4 is 17.3 Å². The van der Waals surface area contributed by atoms with E-state index in [9.17, 15) is 14.9 Å². The van der Waals surface area contributed by atoms with Crippen LogP contribution in [0.4, 0.5) is 11.4 Å². The standard InChI is InChI=1S/C14H13N5O3/c1-10(18-9-13(8-16-18)19(21)22)14(20)17-12-4-2-11(3-5-12)6-7-15/h2-5,8-10H,6H2,1H3,(H,17,20)/t10-/m1/s1. The van der Waals surface area contributed by atoms with E-state index in [0.717, 1.165) is 11.8 Å². The lowest BCUT2D eigenvalue weighted by molar-refractivity contribution is -0.385. The van der Waals surface area contributed by atoms with Crippen molar-refractivity contribution in [3.8, 4) is 6.07 Å². The Morgan fingerprint density at radius 3 is 2.73 bits per heavy atom. The van der Waals surface area contributed by atoms with Crippen molar-refractivity contribution < 1.29 is 9.72 Å². The smallest absolute Gasteiger partial charge is 0.307 e. The third-order valence-corrected chi connectivity index (χ3v) is 3.08. The van der Waals surface area contributed by atoms with E-state index >= 15 is 0 Å². The monoisotopic (exact) mass is 299 g/mol. The molecule has 0 aliphatic carbocycles. The van der Waals surface area contributed by atoms with Crippen LogP contribution in [0.3, 0.4) is 0 Å². The third-order valence-electron chi connectivity index (χ3n) is 3.08. The molecule has 1 N–H and O–H groups in total. The van der Waals surface area contributed by atoms with Gasteiger partial charge in [-0.1, -0.05) is 12.1 Å². The lowest BCUT2D eigenvalue weighted by Gasteiger charge is -2.12. The molecule has 0 fully saturated rings. The molecule has 112 valence electrons. The zero-order valence-electron chi connectivity index (χ0n) is 11.8. The van der Waals surface area contributed by atoms with E-state index in [1.165, 1.54) is 10.9 Å². The van der Waals surface area contributed by atoms with Crippen LogP contribution in [0.5, 0.6) is 0 Å². The number of carbonyl (C=O) groups is 1. The Kier molecular flexibility index (Phi) is 4.48. The zero-order valence-corrected chi connectivity index (χ0v) is 11.8. The minimum Gasteiger partial charge on any atom is -0.324 e. The van der Waals surface area contributed by atoms with Crippen LogP contribution in [0.25, 0.3) is 0 Å². The number of rotatable bonds is 5. The molecule has 1 atom stereocenters. The first kappa shape index (κ1) is 15.2. The van der Waals surface area contributed by atoms with E-state index in [4.69, 9.17) is 5.26 Å². The summed E-state index contributed by atoms with van der Waals surface area (Å²) in [5, 5.41) is 25.7. The Balaban J connectivity index is 2.04. The van der Waals surface area contributed by atoms with Crippen molar-refractivity contribution in [2.45, 2.75) is 19.4 Å². The molecule has 0 bridgehead atoms. The van der Waals surface area contributed by atoms with Gasteiger partial charge in [-0.3, -0.25) is 19.6 Å². The summed E-state index contributed by atoms with van der Waals surface area (Å²) in [7, 11) is 0. The molecule has 0 unspecified atom stereocenters. The Bertz CT molecular complexity index is 730. The Morgan fingerprint density at radius 1 is 1.50 bits per heavy atom. The lowest BCUT2D eigenvalue weighted by Crippen LogP contribution is -2.24. The molecule has 0 spiro atoms. The molecule has 2 rings (SSSR count). The van der Waals surface area contributed by atoms with Crippen LogP contribution < -0.4 is 5.32 Å². The third kappa shape index (κ3) is 3.46. The quantitative estimate of drug-likeness (QED) is 0.670. The minimum atomic E-state index is -0.688.